The summed E-state index contributed by atoms with van der Waals surface area (Å²) in [6.07, 6.45) is -1.86. The second-order valence-electron chi connectivity index (χ2n) is 8.75. The summed E-state index contributed by atoms with van der Waals surface area (Å²) in [7, 11) is 0. The largest absolute Gasteiger partial charge is 0.394 e. The molecular formula is C24H27ClF3N3O. The Bertz CT molecular complexity index is 922. The van der Waals surface area contributed by atoms with Crippen molar-refractivity contribution in [1.29, 1.82) is 0 Å². The molecule has 0 radical (unpaired) electrons. The van der Waals surface area contributed by atoms with Gasteiger partial charge in [0, 0.05) is 43.3 Å². The number of carbonyl (C=O) groups is 1. The molecule has 172 valence electrons. The molecule has 2 saturated heterocycles. The van der Waals surface area contributed by atoms with E-state index < -0.39 is 18.0 Å². The molecule has 4 nitrogen and oxygen atoms in total. The van der Waals surface area contributed by atoms with Gasteiger partial charge in [-0.2, -0.15) is 13.2 Å². The Morgan fingerprint density at radius 3 is 2.50 bits per heavy atom. The first-order valence-electron chi connectivity index (χ1n) is 11.0. The zero-order chi connectivity index (χ0) is 22.9. The summed E-state index contributed by atoms with van der Waals surface area (Å²) >= 11 is 6.00. The van der Waals surface area contributed by atoms with Crippen LogP contribution in [0.3, 0.4) is 0 Å². The summed E-state index contributed by atoms with van der Waals surface area (Å²) < 4.78 is 42.1. The number of piperidine rings is 1. The highest BCUT2D eigenvalue weighted by atomic mass is 35.5. The first-order valence-corrected chi connectivity index (χ1v) is 11.4. The van der Waals surface area contributed by atoms with E-state index in [4.69, 9.17) is 11.6 Å². The summed E-state index contributed by atoms with van der Waals surface area (Å²) in [5.74, 6) is -2.29. The number of anilines is 1. The lowest BCUT2D eigenvalue weighted by Crippen LogP contribution is -2.52. The van der Waals surface area contributed by atoms with Crippen LogP contribution in [0.1, 0.15) is 31.2 Å². The number of likely N-dealkylation sites (tertiary alicyclic amines) is 1. The number of hydrogen-bond donors (Lipinski definition) is 0. The molecule has 8 heteroatoms. The van der Waals surface area contributed by atoms with Crippen molar-refractivity contribution in [3.8, 4) is 0 Å². The minimum atomic E-state index is -4.45. The minimum absolute atomic E-state index is 0.110. The zero-order valence-corrected chi connectivity index (χ0v) is 18.7. The molecule has 32 heavy (non-hydrogen) atoms. The fourth-order valence-electron chi connectivity index (χ4n) is 5.12. The fourth-order valence-corrected chi connectivity index (χ4v) is 5.24. The van der Waals surface area contributed by atoms with Gasteiger partial charge in [-0.05, 0) is 42.2 Å². The van der Waals surface area contributed by atoms with Crippen LogP contribution >= 0.6 is 11.6 Å². The quantitative estimate of drug-likeness (QED) is 0.607. The molecule has 1 aromatic carbocycles. The van der Waals surface area contributed by atoms with Crippen molar-refractivity contribution in [2.45, 2.75) is 31.9 Å². The lowest BCUT2D eigenvalue weighted by Gasteiger charge is -2.40. The van der Waals surface area contributed by atoms with E-state index in [0.29, 0.717) is 30.5 Å². The number of aromatic nitrogens is 1. The molecule has 0 aliphatic carbocycles. The summed E-state index contributed by atoms with van der Waals surface area (Å²) in [4.78, 5) is 20.9. The van der Waals surface area contributed by atoms with E-state index >= 15 is 0 Å². The van der Waals surface area contributed by atoms with Crippen molar-refractivity contribution in [3.05, 3.63) is 59.2 Å². The SMILES string of the molecule is CC[C@@H]1CN(C(=O)C2CCN(c3ccccn3)CC2C(F)(F)F)C[C@H]1c1ccc(Cl)cc1. The molecular weight excluding hydrogens is 439 g/mol. The lowest BCUT2D eigenvalue weighted by molar-refractivity contribution is -0.195. The molecule has 2 fully saturated rings. The van der Waals surface area contributed by atoms with Crippen LogP contribution in [0, 0.1) is 17.8 Å². The van der Waals surface area contributed by atoms with E-state index in [9.17, 15) is 18.0 Å². The maximum Gasteiger partial charge on any atom is 0.394 e. The molecule has 2 aliphatic rings. The molecule has 1 aromatic heterocycles. The van der Waals surface area contributed by atoms with E-state index in [1.165, 1.54) is 0 Å². The molecule has 3 heterocycles. The fraction of sp³-hybridized carbons (Fsp3) is 0.500. The summed E-state index contributed by atoms with van der Waals surface area (Å²) in [6, 6.07) is 12.7. The maximum absolute atomic E-state index is 14.0. The van der Waals surface area contributed by atoms with E-state index in [-0.39, 0.29) is 30.7 Å². The lowest BCUT2D eigenvalue weighted by atomic mass is 9.83. The Kier molecular flexibility index (Phi) is 6.65. The number of nitrogens with zero attached hydrogens (tertiary/aromatic N) is 3. The highest BCUT2D eigenvalue weighted by molar-refractivity contribution is 6.30. The van der Waals surface area contributed by atoms with Gasteiger partial charge in [0.15, 0.2) is 0 Å². The minimum Gasteiger partial charge on any atom is -0.356 e. The van der Waals surface area contributed by atoms with Gasteiger partial charge in [-0.3, -0.25) is 4.79 Å². The molecule has 0 N–H and O–H groups in total. The van der Waals surface area contributed by atoms with Gasteiger partial charge in [-0.25, -0.2) is 4.98 Å². The van der Waals surface area contributed by atoms with Gasteiger partial charge in [0.25, 0.3) is 0 Å². The van der Waals surface area contributed by atoms with Crippen molar-refractivity contribution in [1.82, 2.24) is 9.88 Å². The molecule has 1 amide bonds. The molecule has 4 rings (SSSR count). The van der Waals surface area contributed by atoms with Gasteiger partial charge in [0.1, 0.15) is 5.82 Å². The average molecular weight is 466 g/mol. The van der Waals surface area contributed by atoms with Crippen molar-refractivity contribution in [3.63, 3.8) is 0 Å². The van der Waals surface area contributed by atoms with Crippen LogP contribution in [0.5, 0.6) is 0 Å². The zero-order valence-electron chi connectivity index (χ0n) is 17.9. The molecule has 2 aromatic rings. The highest BCUT2D eigenvalue weighted by Crippen LogP contribution is 2.42. The number of alkyl halides is 3. The maximum atomic E-state index is 14.0. The van der Waals surface area contributed by atoms with Crippen LogP contribution in [-0.2, 0) is 4.79 Å². The summed E-state index contributed by atoms with van der Waals surface area (Å²) in [5.41, 5.74) is 1.08. The van der Waals surface area contributed by atoms with E-state index in [0.717, 1.165) is 12.0 Å². The first-order chi connectivity index (χ1) is 15.3. The first kappa shape index (κ1) is 22.9. The standard InChI is InChI=1S/C24H27ClF3N3O/c1-2-16-13-31(14-20(16)17-6-8-18(25)9-7-17)23(32)19-10-12-30(15-21(19)24(26,27)28)22-5-3-4-11-29-22/h3-9,11,16,19-21H,2,10,12-15H2,1H3/t16-,19?,20-,21?/m1/s1. The van der Waals surface area contributed by atoms with E-state index in [1.807, 2.05) is 24.3 Å². The normalized spacial score (nSPS) is 26.4. The van der Waals surface area contributed by atoms with Crippen LogP contribution in [0.15, 0.2) is 48.7 Å². The van der Waals surface area contributed by atoms with Crippen molar-refractivity contribution >= 4 is 23.3 Å². The van der Waals surface area contributed by atoms with Gasteiger partial charge in [0.05, 0.1) is 11.8 Å². The topological polar surface area (TPSA) is 36.4 Å². The van der Waals surface area contributed by atoms with Crippen LogP contribution in [-0.4, -0.2) is 48.1 Å². The number of benzene rings is 1. The molecule has 0 bridgehead atoms. The second-order valence-corrected chi connectivity index (χ2v) is 9.18. The van der Waals surface area contributed by atoms with Gasteiger partial charge in [0.2, 0.25) is 5.91 Å². The predicted molar refractivity (Wildman–Crippen MR) is 119 cm³/mol. The monoisotopic (exact) mass is 465 g/mol. The van der Waals surface area contributed by atoms with Gasteiger partial charge in [-0.1, -0.05) is 43.1 Å². The molecule has 2 unspecified atom stereocenters. The molecule has 2 aliphatic heterocycles. The van der Waals surface area contributed by atoms with Crippen LogP contribution in [0.4, 0.5) is 19.0 Å². The Labute approximate surface area is 191 Å². The highest BCUT2D eigenvalue weighted by Gasteiger charge is 2.52. The Morgan fingerprint density at radius 2 is 1.88 bits per heavy atom. The third-order valence-electron chi connectivity index (χ3n) is 6.90. The summed E-state index contributed by atoms with van der Waals surface area (Å²) in [6.45, 7) is 3.14. The molecule has 0 spiro atoms. The number of pyridine rings is 1. The third kappa shape index (κ3) is 4.72. The summed E-state index contributed by atoms with van der Waals surface area (Å²) in [5, 5.41) is 0.639. The van der Waals surface area contributed by atoms with E-state index in [1.54, 1.807) is 34.2 Å². The van der Waals surface area contributed by atoms with E-state index in [2.05, 4.69) is 11.9 Å². The van der Waals surface area contributed by atoms with Gasteiger partial charge in [-0.15, -0.1) is 0 Å². The van der Waals surface area contributed by atoms with Crippen molar-refractivity contribution in [2.24, 2.45) is 17.8 Å². The number of halogens is 4. The van der Waals surface area contributed by atoms with Crippen molar-refractivity contribution in [2.75, 3.05) is 31.1 Å². The Balaban J connectivity index is 1.51. The Morgan fingerprint density at radius 1 is 1.12 bits per heavy atom. The van der Waals surface area contributed by atoms with Crippen molar-refractivity contribution < 1.29 is 18.0 Å². The van der Waals surface area contributed by atoms with Crippen LogP contribution in [0.25, 0.3) is 0 Å². The molecule has 0 saturated carbocycles. The number of rotatable bonds is 4. The number of amides is 1. The number of carbonyl (C=O) groups excluding carboxylic acids is 1. The average Bonchev–Trinajstić information content (AvgIpc) is 3.23. The van der Waals surface area contributed by atoms with Gasteiger partial charge < -0.3 is 9.80 Å². The third-order valence-corrected chi connectivity index (χ3v) is 7.15. The predicted octanol–water partition coefficient (Wildman–Crippen LogP) is 5.39. The molecule has 4 atom stereocenters. The van der Waals surface area contributed by atoms with Gasteiger partial charge >= 0.3 is 6.18 Å². The smallest absolute Gasteiger partial charge is 0.356 e. The second kappa shape index (κ2) is 9.30. The number of hydrogen-bond acceptors (Lipinski definition) is 3. The van der Waals surface area contributed by atoms with Crippen LogP contribution < -0.4 is 4.90 Å². The Hall–Kier alpha value is -2.28. The van der Waals surface area contributed by atoms with Crippen LogP contribution in [0.2, 0.25) is 5.02 Å².